The van der Waals surface area contributed by atoms with Crippen molar-refractivity contribution in [2.24, 2.45) is 0 Å². The SMILES string of the molecule is CC(=O)N1CCN(c2cc(-c3cc(C(F)(F)F)c4c(N)ncnn34)ccc2[C@H](C)O)C(=O)C1(C)C. The van der Waals surface area contributed by atoms with Gasteiger partial charge in [0.2, 0.25) is 5.91 Å². The van der Waals surface area contributed by atoms with Gasteiger partial charge in [-0.1, -0.05) is 12.1 Å². The highest BCUT2D eigenvalue weighted by Gasteiger charge is 2.44. The number of carbonyl (C=O) groups excluding carboxylic acids is 2. The second-order valence-corrected chi connectivity index (χ2v) is 8.98. The Morgan fingerprint density at radius 3 is 2.51 bits per heavy atom. The van der Waals surface area contributed by atoms with Gasteiger partial charge in [0.1, 0.15) is 17.4 Å². The molecule has 1 atom stereocenters. The summed E-state index contributed by atoms with van der Waals surface area (Å²) in [4.78, 5) is 32.1. The predicted molar refractivity (Wildman–Crippen MR) is 122 cm³/mol. The number of hydrogen-bond acceptors (Lipinski definition) is 6. The van der Waals surface area contributed by atoms with Crippen molar-refractivity contribution >= 4 is 28.8 Å². The van der Waals surface area contributed by atoms with Gasteiger partial charge in [-0.15, -0.1) is 0 Å². The van der Waals surface area contributed by atoms with Gasteiger partial charge >= 0.3 is 6.18 Å². The second-order valence-electron chi connectivity index (χ2n) is 8.98. The van der Waals surface area contributed by atoms with Crippen LogP contribution in [0, 0.1) is 0 Å². The first-order valence-corrected chi connectivity index (χ1v) is 10.9. The standard InChI is InChI=1S/C23H25F3N6O3/c1-12(33)15-6-5-14(9-18(15)30-7-8-31(13(2)34)22(3,4)21(30)35)17-10-16(23(24,25)26)19-20(27)28-11-29-32(17)19/h5-6,9-12,33H,7-8H2,1-4H3,(H2,27,28,29)/t12-/m0/s1. The molecule has 1 aromatic carbocycles. The highest BCUT2D eigenvalue weighted by molar-refractivity contribution is 6.03. The van der Waals surface area contributed by atoms with E-state index < -0.39 is 23.4 Å². The molecule has 0 radical (unpaired) electrons. The molecule has 1 aliphatic heterocycles. The van der Waals surface area contributed by atoms with Gasteiger partial charge < -0.3 is 20.6 Å². The van der Waals surface area contributed by atoms with Gasteiger partial charge in [0.05, 0.1) is 23.0 Å². The first-order chi connectivity index (χ1) is 16.2. The average Bonchev–Trinajstić information content (AvgIpc) is 3.16. The number of benzene rings is 1. The maximum atomic E-state index is 13.8. The van der Waals surface area contributed by atoms with E-state index in [-0.39, 0.29) is 41.9 Å². The third-order valence-corrected chi connectivity index (χ3v) is 6.33. The maximum Gasteiger partial charge on any atom is 0.418 e. The summed E-state index contributed by atoms with van der Waals surface area (Å²) >= 11 is 0. The van der Waals surface area contributed by atoms with E-state index in [4.69, 9.17) is 5.73 Å². The highest BCUT2D eigenvalue weighted by Crippen LogP contribution is 2.40. The van der Waals surface area contributed by atoms with Crippen molar-refractivity contribution < 1.29 is 27.9 Å². The molecule has 2 amide bonds. The van der Waals surface area contributed by atoms with Crippen molar-refractivity contribution in [2.45, 2.75) is 45.5 Å². The summed E-state index contributed by atoms with van der Waals surface area (Å²) in [5.41, 5.74) is 4.41. The molecule has 0 unspecified atom stereocenters. The van der Waals surface area contributed by atoms with Crippen molar-refractivity contribution in [3.8, 4) is 11.3 Å². The summed E-state index contributed by atoms with van der Waals surface area (Å²) in [6.45, 7) is 6.59. The summed E-state index contributed by atoms with van der Waals surface area (Å²) < 4.78 is 42.4. The van der Waals surface area contributed by atoms with E-state index in [9.17, 15) is 27.9 Å². The number of halogens is 3. The maximum absolute atomic E-state index is 13.8. The number of hydrogen-bond donors (Lipinski definition) is 2. The zero-order chi connectivity index (χ0) is 25.9. The van der Waals surface area contributed by atoms with Crippen LogP contribution in [-0.4, -0.2) is 55.0 Å². The Morgan fingerprint density at radius 1 is 1.23 bits per heavy atom. The number of nitrogen functional groups attached to an aromatic ring is 1. The number of aromatic nitrogens is 3. The van der Waals surface area contributed by atoms with Crippen molar-refractivity contribution in [3.63, 3.8) is 0 Å². The van der Waals surface area contributed by atoms with Gasteiger partial charge in [-0.25, -0.2) is 9.50 Å². The Kier molecular flexibility index (Phi) is 5.75. The molecule has 3 heterocycles. The van der Waals surface area contributed by atoms with Crippen molar-refractivity contribution in [1.82, 2.24) is 19.5 Å². The number of amides is 2. The van der Waals surface area contributed by atoms with E-state index >= 15 is 0 Å². The van der Waals surface area contributed by atoms with Crippen LogP contribution in [-0.2, 0) is 15.8 Å². The van der Waals surface area contributed by atoms with Gasteiger partial charge in [-0.05, 0) is 32.9 Å². The van der Waals surface area contributed by atoms with Gasteiger partial charge in [-0.3, -0.25) is 9.59 Å². The Labute approximate surface area is 198 Å². The Hall–Kier alpha value is -3.67. The molecule has 1 aliphatic rings. The number of nitrogens with zero attached hydrogens (tertiary/aromatic N) is 5. The summed E-state index contributed by atoms with van der Waals surface area (Å²) in [5, 5.41) is 14.3. The lowest BCUT2D eigenvalue weighted by atomic mass is 9.94. The molecule has 1 fully saturated rings. The number of nitrogens with two attached hydrogens (primary N) is 1. The fourth-order valence-corrected chi connectivity index (χ4v) is 4.59. The predicted octanol–water partition coefficient (Wildman–Crippen LogP) is 3.02. The van der Waals surface area contributed by atoms with Crippen molar-refractivity contribution in [3.05, 3.63) is 41.7 Å². The molecule has 1 saturated heterocycles. The number of alkyl halides is 3. The van der Waals surface area contributed by atoms with Crippen LogP contribution < -0.4 is 10.6 Å². The molecule has 0 saturated carbocycles. The Morgan fingerprint density at radius 2 is 1.91 bits per heavy atom. The van der Waals surface area contributed by atoms with Gasteiger partial charge in [-0.2, -0.15) is 18.3 Å². The van der Waals surface area contributed by atoms with Gasteiger partial charge in [0.15, 0.2) is 5.82 Å². The third kappa shape index (κ3) is 3.97. The van der Waals surface area contributed by atoms with Crippen LogP contribution in [0.4, 0.5) is 24.7 Å². The molecule has 12 heteroatoms. The lowest BCUT2D eigenvalue weighted by Crippen LogP contribution is -2.64. The zero-order valence-corrected chi connectivity index (χ0v) is 19.6. The quantitative estimate of drug-likeness (QED) is 0.583. The van der Waals surface area contributed by atoms with Gasteiger partial charge in [0, 0.05) is 31.1 Å². The molecular formula is C23H25F3N6O3. The van der Waals surface area contributed by atoms with Crippen LogP contribution in [0.2, 0.25) is 0 Å². The third-order valence-electron chi connectivity index (χ3n) is 6.33. The lowest BCUT2D eigenvalue weighted by molar-refractivity contribution is -0.145. The van der Waals surface area contributed by atoms with E-state index in [1.165, 1.54) is 23.6 Å². The van der Waals surface area contributed by atoms with Crippen LogP contribution in [0.1, 0.15) is 44.9 Å². The van der Waals surface area contributed by atoms with E-state index in [2.05, 4.69) is 10.1 Å². The molecule has 0 aliphatic carbocycles. The highest BCUT2D eigenvalue weighted by atomic mass is 19.4. The summed E-state index contributed by atoms with van der Waals surface area (Å²) in [7, 11) is 0. The molecule has 186 valence electrons. The molecule has 4 rings (SSSR count). The minimum Gasteiger partial charge on any atom is -0.389 e. The number of carbonyl (C=O) groups is 2. The van der Waals surface area contributed by atoms with Crippen LogP contribution in [0.25, 0.3) is 16.8 Å². The Bertz CT molecular complexity index is 1330. The lowest BCUT2D eigenvalue weighted by Gasteiger charge is -2.46. The molecule has 3 aromatic rings. The number of piperazine rings is 1. The average molecular weight is 490 g/mol. The number of rotatable bonds is 3. The fourth-order valence-electron chi connectivity index (χ4n) is 4.59. The summed E-state index contributed by atoms with van der Waals surface area (Å²) in [5.74, 6) is -0.943. The van der Waals surface area contributed by atoms with E-state index in [0.29, 0.717) is 16.8 Å². The van der Waals surface area contributed by atoms with E-state index in [0.717, 1.165) is 16.9 Å². The van der Waals surface area contributed by atoms with Crippen LogP contribution in [0.15, 0.2) is 30.6 Å². The largest absolute Gasteiger partial charge is 0.418 e. The monoisotopic (exact) mass is 490 g/mol. The molecule has 35 heavy (non-hydrogen) atoms. The minimum atomic E-state index is -4.70. The van der Waals surface area contributed by atoms with Crippen LogP contribution in [0.5, 0.6) is 0 Å². The number of fused-ring (bicyclic) bond motifs is 1. The van der Waals surface area contributed by atoms with Gasteiger partial charge in [0.25, 0.3) is 5.91 Å². The number of anilines is 2. The summed E-state index contributed by atoms with van der Waals surface area (Å²) in [6.07, 6.45) is -4.61. The number of aliphatic hydroxyl groups excluding tert-OH is 1. The van der Waals surface area contributed by atoms with E-state index in [1.54, 1.807) is 32.0 Å². The van der Waals surface area contributed by atoms with Crippen molar-refractivity contribution in [2.75, 3.05) is 23.7 Å². The fraction of sp³-hybridized carbons (Fsp3) is 0.391. The zero-order valence-electron chi connectivity index (χ0n) is 19.6. The molecular weight excluding hydrogens is 465 g/mol. The molecule has 3 N–H and O–H groups in total. The topological polar surface area (TPSA) is 117 Å². The molecule has 2 aromatic heterocycles. The molecule has 0 spiro atoms. The molecule has 9 nitrogen and oxygen atoms in total. The smallest absolute Gasteiger partial charge is 0.389 e. The first kappa shape index (κ1) is 24.5. The van der Waals surface area contributed by atoms with E-state index in [1.807, 2.05) is 0 Å². The minimum absolute atomic E-state index is 0.0916. The number of aliphatic hydroxyl groups is 1. The first-order valence-electron chi connectivity index (χ1n) is 10.9. The molecule has 0 bridgehead atoms. The Balaban J connectivity index is 1.90. The second kappa shape index (κ2) is 8.22. The van der Waals surface area contributed by atoms with Crippen LogP contribution >= 0.6 is 0 Å². The summed E-state index contributed by atoms with van der Waals surface area (Å²) in [6, 6.07) is 5.58. The van der Waals surface area contributed by atoms with Crippen LogP contribution in [0.3, 0.4) is 0 Å². The normalized spacial score (nSPS) is 17.2. The van der Waals surface area contributed by atoms with Crippen molar-refractivity contribution in [1.29, 1.82) is 0 Å².